The summed E-state index contributed by atoms with van der Waals surface area (Å²) in [5.74, 6) is 0.123. The number of carbonyl (C=O) groups is 1. The summed E-state index contributed by atoms with van der Waals surface area (Å²) in [7, 11) is 2.10. The molecule has 1 aliphatic heterocycles. The first-order chi connectivity index (χ1) is 10.2. The van der Waals surface area contributed by atoms with Crippen molar-refractivity contribution in [3.63, 3.8) is 0 Å². The van der Waals surface area contributed by atoms with E-state index in [0.29, 0.717) is 6.54 Å². The predicted molar refractivity (Wildman–Crippen MR) is 86.1 cm³/mol. The summed E-state index contributed by atoms with van der Waals surface area (Å²) in [4.78, 5) is 16.9. The van der Waals surface area contributed by atoms with Crippen molar-refractivity contribution in [2.24, 2.45) is 11.7 Å². The number of piperazine rings is 1. The molecule has 1 aromatic carbocycles. The summed E-state index contributed by atoms with van der Waals surface area (Å²) in [5.41, 5.74) is 8.47. The first-order valence-electron chi connectivity index (χ1n) is 7.89. The molecule has 1 aromatic rings. The van der Waals surface area contributed by atoms with Gasteiger partial charge in [0.2, 0.25) is 5.91 Å². The van der Waals surface area contributed by atoms with Crippen LogP contribution in [0.5, 0.6) is 0 Å². The molecule has 4 nitrogen and oxygen atoms in total. The summed E-state index contributed by atoms with van der Waals surface area (Å²) >= 11 is 0. The molecule has 2 rings (SSSR count). The highest BCUT2D eigenvalue weighted by Gasteiger charge is 2.26. The Balaban J connectivity index is 2.03. The van der Waals surface area contributed by atoms with Gasteiger partial charge < -0.3 is 15.5 Å². The molecule has 116 valence electrons. The van der Waals surface area contributed by atoms with Gasteiger partial charge in [-0.25, -0.2) is 0 Å². The molecule has 0 saturated carbocycles. The zero-order chi connectivity index (χ0) is 15.2. The van der Waals surface area contributed by atoms with Gasteiger partial charge in [-0.05, 0) is 31.0 Å². The summed E-state index contributed by atoms with van der Waals surface area (Å²) in [6.07, 6.45) is 1.75. The number of likely N-dealkylation sites (N-methyl/N-ethyl adjacent to an activating group) is 1. The first kappa shape index (κ1) is 16.0. The van der Waals surface area contributed by atoms with Crippen LogP contribution in [0.4, 0.5) is 0 Å². The van der Waals surface area contributed by atoms with Crippen LogP contribution >= 0.6 is 0 Å². The Kier molecular flexibility index (Phi) is 5.76. The number of nitrogens with two attached hydrogens (primary N) is 1. The third kappa shape index (κ3) is 4.05. The maximum absolute atomic E-state index is 12.7. The van der Waals surface area contributed by atoms with Crippen LogP contribution in [0.1, 0.15) is 18.1 Å². The van der Waals surface area contributed by atoms with Crippen molar-refractivity contribution >= 4 is 5.91 Å². The van der Waals surface area contributed by atoms with Crippen LogP contribution in [0, 0.1) is 5.92 Å². The van der Waals surface area contributed by atoms with Gasteiger partial charge in [0.15, 0.2) is 0 Å². The van der Waals surface area contributed by atoms with Gasteiger partial charge in [0, 0.05) is 32.7 Å². The van der Waals surface area contributed by atoms with E-state index >= 15 is 0 Å². The van der Waals surface area contributed by atoms with E-state index in [4.69, 9.17) is 5.73 Å². The number of rotatable bonds is 5. The summed E-state index contributed by atoms with van der Waals surface area (Å²) in [6.45, 7) is 6.12. The quantitative estimate of drug-likeness (QED) is 0.884. The predicted octanol–water partition coefficient (Wildman–Crippen LogP) is 1.14. The van der Waals surface area contributed by atoms with Crippen LogP contribution in [-0.4, -0.2) is 55.5 Å². The number of hydrogen-bond acceptors (Lipinski definition) is 3. The van der Waals surface area contributed by atoms with E-state index in [1.807, 2.05) is 11.0 Å². The Morgan fingerprint density at radius 2 is 1.81 bits per heavy atom. The molecule has 1 heterocycles. The second-order valence-corrected chi connectivity index (χ2v) is 5.89. The molecule has 0 aromatic heterocycles. The Hall–Kier alpha value is -1.39. The minimum atomic E-state index is -0.0962. The van der Waals surface area contributed by atoms with Crippen molar-refractivity contribution in [2.45, 2.75) is 19.8 Å². The number of hydrogen-bond donors (Lipinski definition) is 1. The molecule has 1 aliphatic rings. The fourth-order valence-electron chi connectivity index (χ4n) is 2.92. The maximum Gasteiger partial charge on any atom is 0.227 e. The van der Waals surface area contributed by atoms with Crippen LogP contribution in [-0.2, 0) is 17.6 Å². The lowest BCUT2D eigenvalue weighted by atomic mass is 9.93. The van der Waals surface area contributed by atoms with Gasteiger partial charge >= 0.3 is 0 Å². The van der Waals surface area contributed by atoms with Gasteiger partial charge in [-0.3, -0.25) is 4.79 Å². The van der Waals surface area contributed by atoms with Crippen LogP contribution in [0.25, 0.3) is 0 Å². The highest BCUT2D eigenvalue weighted by Crippen LogP contribution is 2.17. The third-order valence-electron chi connectivity index (χ3n) is 4.41. The van der Waals surface area contributed by atoms with Crippen molar-refractivity contribution in [3.8, 4) is 0 Å². The molecule has 0 bridgehead atoms. The lowest BCUT2D eigenvalue weighted by molar-refractivity contribution is -0.136. The maximum atomic E-state index is 12.7. The zero-order valence-corrected chi connectivity index (χ0v) is 13.2. The second kappa shape index (κ2) is 7.57. The van der Waals surface area contributed by atoms with E-state index in [1.54, 1.807) is 0 Å². The van der Waals surface area contributed by atoms with Crippen LogP contribution in [0.3, 0.4) is 0 Å². The lowest BCUT2D eigenvalue weighted by Gasteiger charge is -2.34. The van der Waals surface area contributed by atoms with E-state index in [9.17, 15) is 4.79 Å². The Morgan fingerprint density at radius 3 is 2.38 bits per heavy atom. The molecule has 21 heavy (non-hydrogen) atoms. The topological polar surface area (TPSA) is 49.6 Å². The van der Waals surface area contributed by atoms with Gasteiger partial charge in [0.1, 0.15) is 0 Å². The molecular formula is C17H27N3O. The molecule has 1 amide bonds. The Labute approximate surface area is 127 Å². The smallest absolute Gasteiger partial charge is 0.227 e. The van der Waals surface area contributed by atoms with Crippen molar-refractivity contribution in [1.29, 1.82) is 0 Å². The monoisotopic (exact) mass is 289 g/mol. The van der Waals surface area contributed by atoms with Crippen LogP contribution in [0.2, 0.25) is 0 Å². The zero-order valence-electron chi connectivity index (χ0n) is 13.2. The van der Waals surface area contributed by atoms with Gasteiger partial charge in [-0.15, -0.1) is 0 Å². The molecule has 1 unspecified atom stereocenters. The van der Waals surface area contributed by atoms with Crippen molar-refractivity contribution in [1.82, 2.24) is 9.80 Å². The van der Waals surface area contributed by atoms with Gasteiger partial charge in [-0.1, -0.05) is 31.2 Å². The van der Waals surface area contributed by atoms with Crippen molar-refractivity contribution in [2.75, 3.05) is 39.8 Å². The van der Waals surface area contributed by atoms with E-state index in [0.717, 1.165) is 39.0 Å². The largest absolute Gasteiger partial charge is 0.340 e. The van der Waals surface area contributed by atoms with Crippen molar-refractivity contribution in [3.05, 3.63) is 35.4 Å². The summed E-state index contributed by atoms with van der Waals surface area (Å²) < 4.78 is 0. The Bertz CT molecular complexity index is 467. The fourth-order valence-corrected chi connectivity index (χ4v) is 2.92. The molecule has 0 aliphatic carbocycles. The number of benzene rings is 1. The molecule has 0 radical (unpaired) electrons. The second-order valence-electron chi connectivity index (χ2n) is 5.89. The minimum absolute atomic E-state index is 0.0962. The molecule has 1 fully saturated rings. The molecule has 1 saturated heterocycles. The number of amides is 1. The number of nitrogens with zero attached hydrogens (tertiary/aromatic N) is 2. The molecule has 1 atom stereocenters. The van der Waals surface area contributed by atoms with E-state index in [1.165, 1.54) is 11.1 Å². The van der Waals surface area contributed by atoms with Gasteiger partial charge in [0.25, 0.3) is 0 Å². The lowest BCUT2D eigenvalue weighted by Crippen LogP contribution is -2.50. The number of carbonyl (C=O) groups excluding carboxylic acids is 1. The van der Waals surface area contributed by atoms with Crippen LogP contribution < -0.4 is 5.73 Å². The minimum Gasteiger partial charge on any atom is -0.340 e. The van der Waals surface area contributed by atoms with Crippen molar-refractivity contribution < 1.29 is 4.79 Å². The molecule has 4 heteroatoms. The highest BCUT2D eigenvalue weighted by atomic mass is 16.2. The summed E-state index contributed by atoms with van der Waals surface area (Å²) in [5, 5.41) is 0. The fraction of sp³-hybridized carbons (Fsp3) is 0.588. The first-order valence-corrected chi connectivity index (χ1v) is 7.89. The molecular weight excluding hydrogens is 262 g/mol. The van der Waals surface area contributed by atoms with E-state index in [-0.39, 0.29) is 11.8 Å². The van der Waals surface area contributed by atoms with E-state index in [2.05, 4.69) is 37.1 Å². The van der Waals surface area contributed by atoms with Gasteiger partial charge in [0.05, 0.1) is 5.92 Å². The van der Waals surface area contributed by atoms with Crippen LogP contribution in [0.15, 0.2) is 24.3 Å². The number of aryl methyl sites for hydroxylation is 1. The highest BCUT2D eigenvalue weighted by molar-refractivity contribution is 5.79. The average Bonchev–Trinajstić information content (AvgIpc) is 2.53. The Morgan fingerprint density at radius 1 is 1.19 bits per heavy atom. The third-order valence-corrected chi connectivity index (χ3v) is 4.41. The SMILES string of the molecule is CCc1ccccc1CC(CN)C(=O)N1CCN(C)CC1. The normalized spacial score (nSPS) is 17.8. The summed E-state index contributed by atoms with van der Waals surface area (Å²) in [6, 6.07) is 8.37. The van der Waals surface area contributed by atoms with E-state index < -0.39 is 0 Å². The molecule has 0 spiro atoms. The average molecular weight is 289 g/mol. The molecule has 2 N–H and O–H groups in total. The van der Waals surface area contributed by atoms with Gasteiger partial charge in [-0.2, -0.15) is 0 Å². The standard InChI is InChI=1S/C17H27N3O/c1-3-14-6-4-5-7-15(14)12-16(13-18)17(21)20-10-8-19(2)9-11-20/h4-7,16H,3,8-13,18H2,1-2H3.